The van der Waals surface area contributed by atoms with E-state index in [4.69, 9.17) is 11.6 Å². The maximum Gasteiger partial charge on any atom is 0.276 e. The first-order valence-electron chi connectivity index (χ1n) is 4.65. The molecule has 76 valence electrons. The van der Waals surface area contributed by atoms with Crippen LogP contribution in [0.25, 0.3) is 0 Å². The van der Waals surface area contributed by atoms with Gasteiger partial charge in [0.05, 0.1) is 0 Å². The molecule has 0 unspecified atom stereocenters. The third-order valence-corrected chi connectivity index (χ3v) is 2.74. The molecule has 1 fully saturated rings. The van der Waals surface area contributed by atoms with Gasteiger partial charge in [-0.05, 0) is 37.5 Å². The van der Waals surface area contributed by atoms with Crippen molar-refractivity contribution in [2.45, 2.75) is 25.7 Å². The van der Waals surface area contributed by atoms with E-state index in [9.17, 15) is 8.78 Å². The van der Waals surface area contributed by atoms with Crippen LogP contribution in [0, 0.1) is 12.8 Å². The van der Waals surface area contributed by atoms with E-state index < -0.39 is 11.8 Å². The molecule has 0 aromatic heterocycles. The SMILES string of the molecule is Cc1cc(Cl)cc(C(F)(F)C2CC2)c1. The van der Waals surface area contributed by atoms with E-state index in [0.717, 1.165) is 5.56 Å². The maximum absolute atomic E-state index is 13.6. The topological polar surface area (TPSA) is 0 Å². The van der Waals surface area contributed by atoms with E-state index in [1.165, 1.54) is 12.1 Å². The molecule has 3 heteroatoms. The van der Waals surface area contributed by atoms with Gasteiger partial charge in [-0.3, -0.25) is 0 Å². The van der Waals surface area contributed by atoms with Crippen LogP contribution in [0.15, 0.2) is 18.2 Å². The molecule has 0 amide bonds. The zero-order chi connectivity index (χ0) is 10.3. The van der Waals surface area contributed by atoms with Crippen LogP contribution in [-0.2, 0) is 5.92 Å². The van der Waals surface area contributed by atoms with Gasteiger partial charge in [0.15, 0.2) is 0 Å². The van der Waals surface area contributed by atoms with Gasteiger partial charge in [0, 0.05) is 16.5 Å². The number of hydrogen-bond acceptors (Lipinski definition) is 0. The minimum Gasteiger partial charge on any atom is -0.201 e. The molecule has 14 heavy (non-hydrogen) atoms. The Morgan fingerprint density at radius 3 is 2.43 bits per heavy atom. The fourth-order valence-electron chi connectivity index (χ4n) is 1.61. The first kappa shape index (κ1) is 9.91. The molecule has 1 saturated carbocycles. The van der Waals surface area contributed by atoms with Crippen LogP contribution in [0.2, 0.25) is 5.02 Å². The second-order valence-electron chi connectivity index (χ2n) is 3.91. The van der Waals surface area contributed by atoms with Crippen molar-refractivity contribution >= 4 is 11.6 Å². The van der Waals surface area contributed by atoms with E-state index in [1.807, 2.05) is 0 Å². The molecule has 0 saturated heterocycles. The van der Waals surface area contributed by atoms with E-state index >= 15 is 0 Å². The number of benzene rings is 1. The minimum absolute atomic E-state index is 0.0602. The van der Waals surface area contributed by atoms with Crippen molar-refractivity contribution < 1.29 is 8.78 Å². The van der Waals surface area contributed by atoms with Gasteiger partial charge < -0.3 is 0 Å². The second-order valence-corrected chi connectivity index (χ2v) is 4.35. The molecule has 0 heterocycles. The average Bonchev–Trinajstić information content (AvgIpc) is 2.83. The fourth-order valence-corrected chi connectivity index (χ4v) is 1.90. The molecule has 1 aromatic carbocycles. The summed E-state index contributed by atoms with van der Waals surface area (Å²) in [7, 11) is 0. The van der Waals surface area contributed by atoms with Crippen molar-refractivity contribution in [2.75, 3.05) is 0 Å². The molecule has 0 spiro atoms. The van der Waals surface area contributed by atoms with Crippen LogP contribution in [-0.4, -0.2) is 0 Å². The monoisotopic (exact) mass is 216 g/mol. The molecule has 1 aliphatic carbocycles. The van der Waals surface area contributed by atoms with Crippen LogP contribution in [0.4, 0.5) is 8.78 Å². The van der Waals surface area contributed by atoms with Crippen LogP contribution in [0.5, 0.6) is 0 Å². The molecule has 0 atom stereocenters. The first-order valence-corrected chi connectivity index (χ1v) is 5.03. The Labute approximate surface area is 86.9 Å². The summed E-state index contributed by atoms with van der Waals surface area (Å²) < 4.78 is 27.3. The lowest BCUT2D eigenvalue weighted by Crippen LogP contribution is -2.16. The molecule has 2 rings (SSSR count). The Morgan fingerprint density at radius 2 is 1.93 bits per heavy atom. The lowest BCUT2D eigenvalue weighted by molar-refractivity contribution is -0.0285. The zero-order valence-corrected chi connectivity index (χ0v) is 8.61. The first-order chi connectivity index (χ1) is 6.50. The van der Waals surface area contributed by atoms with Crippen LogP contribution >= 0.6 is 11.6 Å². The van der Waals surface area contributed by atoms with Gasteiger partial charge in [0.25, 0.3) is 5.92 Å². The largest absolute Gasteiger partial charge is 0.276 e. The van der Waals surface area contributed by atoms with E-state index in [2.05, 4.69) is 0 Å². The Hall–Kier alpha value is -0.630. The zero-order valence-electron chi connectivity index (χ0n) is 7.86. The van der Waals surface area contributed by atoms with Crippen molar-refractivity contribution in [1.82, 2.24) is 0 Å². The lowest BCUT2D eigenvalue weighted by Gasteiger charge is -2.16. The van der Waals surface area contributed by atoms with Crippen molar-refractivity contribution in [2.24, 2.45) is 5.92 Å². The van der Waals surface area contributed by atoms with Gasteiger partial charge in [-0.25, -0.2) is 8.78 Å². The highest BCUT2D eigenvalue weighted by Crippen LogP contribution is 2.50. The highest BCUT2D eigenvalue weighted by molar-refractivity contribution is 6.30. The third kappa shape index (κ3) is 1.76. The highest BCUT2D eigenvalue weighted by atomic mass is 35.5. The quantitative estimate of drug-likeness (QED) is 0.697. The maximum atomic E-state index is 13.6. The summed E-state index contributed by atoms with van der Waals surface area (Å²) in [6.45, 7) is 1.78. The van der Waals surface area contributed by atoms with Gasteiger partial charge in [0.2, 0.25) is 0 Å². The Balaban J connectivity index is 2.39. The third-order valence-electron chi connectivity index (χ3n) is 2.52. The normalized spacial score (nSPS) is 17.1. The van der Waals surface area contributed by atoms with Gasteiger partial charge in [-0.15, -0.1) is 0 Å². The van der Waals surface area contributed by atoms with E-state index in [1.54, 1.807) is 13.0 Å². The van der Waals surface area contributed by atoms with E-state index in [0.29, 0.717) is 17.9 Å². The molecular formula is C11H11ClF2. The van der Waals surface area contributed by atoms with Gasteiger partial charge >= 0.3 is 0 Å². The van der Waals surface area contributed by atoms with Gasteiger partial charge in [-0.1, -0.05) is 17.7 Å². The Bertz CT molecular complexity index is 336. The molecule has 1 aliphatic rings. The van der Waals surface area contributed by atoms with Crippen LogP contribution in [0.3, 0.4) is 0 Å². The van der Waals surface area contributed by atoms with Crippen molar-refractivity contribution in [3.63, 3.8) is 0 Å². The van der Waals surface area contributed by atoms with Gasteiger partial charge in [0.1, 0.15) is 0 Å². The summed E-state index contributed by atoms with van der Waals surface area (Å²) >= 11 is 5.75. The molecular weight excluding hydrogens is 206 g/mol. The van der Waals surface area contributed by atoms with Crippen molar-refractivity contribution in [3.05, 3.63) is 34.3 Å². The fraction of sp³-hybridized carbons (Fsp3) is 0.455. The van der Waals surface area contributed by atoms with Crippen molar-refractivity contribution in [3.8, 4) is 0 Å². The number of rotatable bonds is 2. The second kappa shape index (κ2) is 3.20. The Kier molecular flexibility index (Phi) is 2.26. The minimum atomic E-state index is -2.70. The average molecular weight is 217 g/mol. The number of hydrogen-bond donors (Lipinski definition) is 0. The molecule has 1 aromatic rings. The van der Waals surface area contributed by atoms with Crippen LogP contribution in [0.1, 0.15) is 24.0 Å². The summed E-state index contributed by atoms with van der Waals surface area (Å²) in [6.07, 6.45) is 1.25. The summed E-state index contributed by atoms with van der Waals surface area (Å²) in [4.78, 5) is 0. The lowest BCUT2D eigenvalue weighted by atomic mass is 10.0. The predicted octanol–water partition coefficient (Wildman–Crippen LogP) is 4.15. The standard InChI is InChI=1S/C11H11ClF2/c1-7-4-9(6-10(12)5-7)11(13,14)8-2-3-8/h4-6,8H,2-3H2,1H3. The van der Waals surface area contributed by atoms with E-state index in [-0.39, 0.29) is 5.56 Å². The molecule has 0 nitrogen and oxygen atoms in total. The smallest absolute Gasteiger partial charge is 0.201 e. The number of alkyl halides is 2. The summed E-state index contributed by atoms with van der Waals surface area (Å²) in [6, 6.07) is 4.57. The van der Waals surface area contributed by atoms with Gasteiger partial charge in [-0.2, -0.15) is 0 Å². The highest BCUT2D eigenvalue weighted by Gasteiger charge is 2.47. The molecule has 0 N–H and O–H groups in total. The molecule has 0 radical (unpaired) electrons. The summed E-state index contributed by atoms with van der Waals surface area (Å²) in [5.41, 5.74) is 0.845. The Morgan fingerprint density at radius 1 is 1.29 bits per heavy atom. The molecule has 0 bridgehead atoms. The van der Waals surface area contributed by atoms with Crippen LogP contribution < -0.4 is 0 Å². The number of aryl methyl sites for hydroxylation is 1. The molecule has 0 aliphatic heterocycles. The summed E-state index contributed by atoms with van der Waals surface area (Å²) in [5.74, 6) is -3.17. The predicted molar refractivity (Wildman–Crippen MR) is 52.8 cm³/mol. The van der Waals surface area contributed by atoms with Crippen molar-refractivity contribution in [1.29, 1.82) is 0 Å². The summed E-state index contributed by atoms with van der Waals surface area (Å²) in [5, 5.41) is 0.389. The number of halogens is 3.